The highest BCUT2D eigenvalue weighted by Gasteiger charge is 2.41. The highest BCUT2D eigenvalue weighted by molar-refractivity contribution is 7.89. The lowest BCUT2D eigenvalue weighted by Crippen LogP contribution is -2.50. The molecule has 2 aliphatic rings. The Morgan fingerprint density at radius 1 is 1.28 bits per heavy atom. The van der Waals surface area contributed by atoms with Crippen molar-refractivity contribution in [1.82, 2.24) is 4.31 Å². The summed E-state index contributed by atoms with van der Waals surface area (Å²) in [6.07, 6.45) is 4.07. The molecule has 1 saturated carbocycles. The number of carbonyl (C=O) groups is 1. The van der Waals surface area contributed by atoms with Gasteiger partial charge in [-0.05, 0) is 37.5 Å². The first kappa shape index (κ1) is 13.8. The zero-order valence-corrected chi connectivity index (χ0v) is 11.5. The molecule has 2 unspecified atom stereocenters. The molecule has 0 aromatic heterocycles. The van der Waals surface area contributed by atoms with Crippen LogP contribution in [0, 0.1) is 11.8 Å². The first-order valence-corrected chi connectivity index (χ1v) is 8.27. The molecule has 0 aromatic carbocycles. The van der Waals surface area contributed by atoms with Crippen LogP contribution in [0.3, 0.4) is 0 Å². The second kappa shape index (κ2) is 5.17. The number of aliphatic carboxylic acids is 1. The van der Waals surface area contributed by atoms with Crippen LogP contribution in [0.2, 0.25) is 0 Å². The largest absolute Gasteiger partial charge is 0.480 e. The van der Waals surface area contributed by atoms with Crippen molar-refractivity contribution in [2.45, 2.75) is 45.1 Å². The van der Waals surface area contributed by atoms with Gasteiger partial charge in [-0.3, -0.25) is 4.79 Å². The van der Waals surface area contributed by atoms with Crippen molar-refractivity contribution in [1.29, 1.82) is 0 Å². The number of carboxylic acid groups (broad SMARTS) is 1. The summed E-state index contributed by atoms with van der Waals surface area (Å²) < 4.78 is 25.7. The molecule has 18 heavy (non-hydrogen) atoms. The van der Waals surface area contributed by atoms with Gasteiger partial charge in [0, 0.05) is 6.54 Å². The van der Waals surface area contributed by atoms with Crippen LogP contribution in [0.4, 0.5) is 0 Å². The molecule has 6 heteroatoms. The van der Waals surface area contributed by atoms with Crippen molar-refractivity contribution in [3.63, 3.8) is 0 Å². The number of rotatable bonds is 5. The molecule has 1 aliphatic heterocycles. The highest BCUT2D eigenvalue weighted by atomic mass is 32.2. The summed E-state index contributed by atoms with van der Waals surface area (Å²) in [5.41, 5.74) is 0. The average molecular weight is 275 g/mol. The van der Waals surface area contributed by atoms with E-state index >= 15 is 0 Å². The van der Waals surface area contributed by atoms with Crippen LogP contribution in [-0.4, -0.2) is 42.1 Å². The summed E-state index contributed by atoms with van der Waals surface area (Å²) in [5.74, 6) is -0.285. The van der Waals surface area contributed by atoms with E-state index < -0.39 is 22.0 Å². The van der Waals surface area contributed by atoms with Crippen LogP contribution >= 0.6 is 0 Å². The number of piperidine rings is 1. The fourth-order valence-corrected chi connectivity index (χ4v) is 4.69. The minimum Gasteiger partial charge on any atom is -0.480 e. The van der Waals surface area contributed by atoms with E-state index in [0.29, 0.717) is 18.9 Å². The maximum absolute atomic E-state index is 12.2. The normalized spacial score (nSPS) is 30.3. The van der Waals surface area contributed by atoms with E-state index in [1.165, 1.54) is 4.31 Å². The predicted molar refractivity (Wildman–Crippen MR) is 67.7 cm³/mol. The zero-order valence-electron chi connectivity index (χ0n) is 10.7. The second-order valence-electron chi connectivity index (χ2n) is 5.49. The maximum atomic E-state index is 12.2. The fourth-order valence-electron chi connectivity index (χ4n) is 2.62. The lowest BCUT2D eigenvalue weighted by Gasteiger charge is -2.35. The Morgan fingerprint density at radius 3 is 2.44 bits per heavy atom. The van der Waals surface area contributed by atoms with Crippen molar-refractivity contribution >= 4 is 16.0 Å². The molecule has 2 rings (SSSR count). The van der Waals surface area contributed by atoms with Gasteiger partial charge in [0.05, 0.1) is 5.75 Å². The lowest BCUT2D eigenvalue weighted by atomic mass is 9.90. The Bertz CT molecular complexity index is 416. The van der Waals surface area contributed by atoms with E-state index in [4.69, 9.17) is 0 Å². The van der Waals surface area contributed by atoms with E-state index in [2.05, 4.69) is 0 Å². The minimum absolute atomic E-state index is 0.133. The third kappa shape index (κ3) is 3.03. The second-order valence-corrected chi connectivity index (χ2v) is 7.45. The van der Waals surface area contributed by atoms with Crippen molar-refractivity contribution in [2.24, 2.45) is 11.8 Å². The van der Waals surface area contributed by atoms with Crippen LogP contribution in [0.5, 0.6) is 0 Å². The molecular formula is C12H21NO4S. The SMILES string of the molecule is CCC1CCN(S(=O)(=O)CC2CC2)C(C(=O)O)C1. The van der Waals surface area contributed by atoms with Gasteiger partial charge in [-0.2, -0.15) is 4.31 Å². The van der Waals surface area contributed by atoms with Crippen molar-refractivity contribution < 1.29 is 18.3 Å². The summed E-state index contributed by atoms with van der Waals surface area (Å²) in [4.78, 5) is 11.3. The van der Waals surface area contributed by atoms with E-state index in [1.807, 2.05) is 6.92 Å². The summed E-state index contributed by atoms with van der Waals surface area (Å²) in [6, 6.07) is -0.854. The van der Waals surface area contributed by atoms with E-state index in [-0.39, 0.29) is 11.7 Å². The van der Waals surface area contributed by atoms with Gasteiger partial charge in [0.2, 0.25) is 10.0 Å². The predicted octanol–water partition coefficient (Wildman–Crippen LogP) is 1.30. The molecule has 5 nitrogen and oxygen atoms in total. The van der Waals surface area contributed by atoms with Gasteiger partial charge in [0.25, 0.3) is 0 Å². The Morgan fingerprint density at radius 2 is 1.94 bits per heavy atom. The van der Waals surface area contributed by atoms with Crippen LogP contribution in [0.25, 0.3) is 0 Å². The standard InChI is InChI=1S/C12H21NO4S/c1-2-9-5-6-13(11(7-9)12(14)15)18(16,17)8-10-3-4-10/h9-11H,2-8H2,1H3,(H,14,15). The van der Waals surface area contributed by atoms with Gasteiger partial charge in [0.1, 0.15) is 6.04 Å². The number of hydrogen-bond acceptors (Lipinski definition) is 3. The molecule has 0 spiro atoms. The van der Waals surface area contributed by atoms with Crippen molar-refractivity contribution in [2.75, 3.05) is 12.3 Å². The first-order valence-electron chi connectivity index (χ1n) is 6.66. The highest BCUT2D eigenvalue weighted by Crippen LogP contribution is 2.34. The molecule has 1 heterocycles. The topological polar surface area (TPSA) is 74.7 Å². The minimum atomic E-state index is -3.39. The molecule has 1 saturated heterocycles. The quantitative estimate of drug-likeness (QED) is 0.820. The van der Waals surface area contributed by atoms with E-state index in [1.54, 1.807) is 0 Å². The number of nitrogens with zero attached hydrogens (tertiary/aromatic N) is 1. The monoisotopic (exact) mass is 275 g/mol. The van der Waals surface area contributed by atoms with Gasteiger partial charge < -0.3 is 5.11 Å². The molecule has 2 fully saturated rings. The van der Waals surface area contributed by atoms with E-state index in [0.717, 1.165) is 25.7 Å². The van der Waals surface area contributed by atoms with Crippen LogP contribution in [0.1, 0.15) is 39.0 Å². The lowest BCUT2D eigenvalue weighted by molar-refractivity contribution is -0.143. The molecular weight excluding hydrogens is 254 g/mol. The molecule has 0 aromatic rings. The fraction of sp³-hybridized carbons (Fsp3) is 0.917. The van der Waals surface area contributed by atoms with Gasteiger partial charge in [-0.15, -0.1) is 0 Å². The summed E-state index contributed by atoms with van der Waals surface area (Å²) >= 11 is 0. The number of hydrogen-bond donors (Lipinski definition) is 1. The Labute approximate surface area is 108 Å². The third-order valence-corrected chi connectivity index (χ3v) is 6.07. The van der Waals surface area contributed by atoms with Gasteiger partial charge in [0.15, 0.2) is 0 Å². The molecule has 104 valence electrons. The third-order valence-electron chi connectivity index (χ3n) is 4.02. The van der Waals surface area contributed by atoms with Gasteiger partial charge >= 0.3 is 5.97 Å². The van der Waals surface area contributed by atoms with Crippen molar-refractivity contribution in [3.05, 3.63) is 0 Å². The summed E-state index contributed by atoms with van der Waals surface area (Å²) in [6.45, 7) is 2.39. The van der Waals surface area contributed by atoms with Crippen LogP contribution in [0.15, 0.2) is 0 Å². The smallest absolute Gasteiger partial charge is 0.322 e. The maximum Gasteiger partial charge on any atom is 0.322 e. The van der Waals surface area contributed by atoms with Crippen LogP contribution in [-0.2, 0) is 14.8 Å². The van der Waals surface area contributed by atoms with E-state index in [9.17, 15) is 18.3 Å². The average Bonchev–Trinajstić information content (AvgIpc) is 3.11. The Kier molecular flexibility index (Phi) is 3.96. The molecule has 1 N–H and O–H groups in total. The number of carboxylic acids is 1. The zero-order chi connectivity index (χ0) is 13.3. The molecule has 2 atom stereocenters. The molecule has 1 aliphatic carbocycles. The van der Waals surface area contributed by atoms with Crippen LogP contribution < -0.4 is 0 Å². The summed E-state index contributed by atoms with van der Waals surface area (Å²) in [5, 5.41) is 9.23. The molecule has 0 bridgehead atoms. The van der Waals surface area contributed by atoms with Gasteiger partial charge in [-0.1, -0.05) is 13.3 Å². The Hall–Kier alpha value is -0.620. The Balaban J connectivity index is 2.11. The summed E-state index contributed by atoms with van der Waals surface area (Å²) in [7, 11) is -3.39. The number of sulfonamides is 1. The van der Waals surface area contributed by atoms with Gasteiger partial charge in [-0.25, -0.2) is 8.42 Å². The first-order chi connectivity index (χ1) is 8.44. The van der Waals surface area contributed by atoms with Crippen molar-refractivity contribution in [3.8, 4) is 0 Å². The molecule has 0 radical (unpaired) electrons. The molecule has 0 amide bonds.